The predicted molar refractivity (Wildman–Crippen MR) is 116 cm³/mol. The molecule has 0 aromatic carbocycles. The van der Waals surface area contributed by atoms with E-state index in [-0.39, 0.29) is 0 Å². The molecule has 4 aromatic heterocycles. The van der Waals surface area contributed by atoms with Crippen molar-refractivity contribution in [3.63, 3.8) is 0 Å². The summed E-state index contributed by atoms with van der Waals surface area (Å²) in [5.41, 5.74) is 1.89. The highest BCUT2D eigenvalue weighted by atomic mass is 32.1. The van der Waals surface area contributed by atoms with Crippen LogP contribution in [-0.4, -0.2) is 38.1 Å². The van der Waals surface area contributed by atoms with E-state index < -0.39 is 5.60 Å². The molecule has 0 spiro atoms. The van der Waals surface area contributed by atoms with Crippen molar-refractivity contribution < 1.29 is 5.11 Å². The Bertz CT molecular complexity index is 1080. The van der Waals surface area contributed by atoms with E-state index in [0.717, 1.165) is 26.7 Å². The Labute approximate surface area is 176 Å². The Morgan fingerprint density at radius 1 is 0.966 bits per heavy atom. The summed E-state index contributed by atoms with van der Waals surface area (Å²) in [6.07, 6.45) is 8.40. The third-order valence-corrected chi connectivity index (χ3v) is 6.95. The number of anilines is 1. The molecular weight excluding hydrogens is 402 g/mol. The highest BCUT2D eigenvalue weighted by molar-refractivity contribution is 7.14. The quantitative estimate of drug-likeness (QED) is 0.532. The van der Waals surface area contributed by atoms with Gasteiger partial charge in [-0.2, -0.15) is 0 Å². The number of aliphatic hydroxyl groups is 1. The van der Waals surface area contributed by atoms with Crippen molar-refractivity contribution in [1.82, 2.24) is 19.9 Å². The molecule has 0 saturated carbocycles. The fraction of sp³-hybridized carbons (Fsp3) is 0.238. The van der Waals surface area contributed by atoms with Crippen LogP contribution < -0.4 is 4.90 Å². The molecule has 146 valence electrons. The number of hydrogen-bond donors (Lipinski definition) is 1. The van der Waals surface area contributed by atoms with Crippen molar-refractivity contribution in [3.8, 4) is 21.1 Å². The fourth-order valence-electron chi connectivity index (χ4n) is 3.64. The summed E-state index contributed by atoms with van der Waals surface area (Å²) >= 11 is 3.25. The second-order valence-electron chi connectivity index (χ2n) is 7.01. The van der Waals surface area contributed by atoms with Crippen LogP contribution >= 0.6 is 22.7 Å². The molecule has 8 heteroatoms. The lowest BCUT2D eigenvalue weighted by Crippen LogP contribution is -2.43. The van der Waals surface area contributed by atoms with Gasteiger partial charge in [-0.25, -0.2) is 15.0 Å². The summed E-state index contributed by atoms with van der Waals surface area (Å²) < 4.78 is 0. The van der Waals surface area contributed by atoms with Gasteiger partial charge in [0, 0.05) is 59.3 Å². The topological polar surface area (TPSA) is 75.0 Å². The SMILES string of the molecule is OC1(c2cccnc2)CCN(c2ncc(-c3cccs3)c(-c3nccs3)n2)CC1. The lowest BCUT2D eigenvalue weighted by Gasteiger charge is -2.38. The standard InChI is InChI=1S/C21H19N5OS2/c27-21(15-3-1-7-22-13-15)5-9-26(10-6-21)20-24-14-16(17-4-2-11-28-17)18(25-20)19-23-8-12-29-19/h1-4,7-8,11-14,27H,5-6,9-10H2. The van der Waals surface area contributed by atoms with Crippen LogP contribution in [0.15, 0.2) is 59.8 Å². The maximum atomic E-state index is 11.1. The Kier molecular flexibility index (Phi) is 4.83. The monoisotopic (exact) mass is 421 g/mol. The molecule has 29 heavy (non-hydrogen) atoms. The lowest BCUT2D eigenvalue weighted by atomic mass is 9.85. The zero-order chi connectivity index (χ0) is 19.7. The van der Waals surface area contributed by atoms with Crippen molar-refractivity contribution in [3.05, 3.63) is 65.4 Å². The summed E-state index contributed by atoms with van der Waals surface area (Å²) in [6.45, 7) is 1.36. The highest BCUT2D eigenvalue weighted by Crippen LogP contribution is 2.37. The zero-order valence-electron chi connectivity index (χ0n) is 15.6. The molecule has 1 fully saturated rings. The molecule has 0 amide bonds. The number of nitrogens with zero attached hydrogens (tertiary/aromatic N) is 5. The molecule has 0 unspecified atom stereocenters. The van der Waals surface area contributed by atoms with Gasteiger partial charge in [0.25, 0.3) is 0 Å². The van der Waals surface area contributed by atoms with Gasteiger partial charge in [-0.05, 0) is 30.4 Å². The molecule has 1 N–H and O–H groups in total. The minimum absolute atomic E-state index is 0.612. The van der Waals surface area contributed by atoms with Gasteiger partial charge in [-0.3, -0.25) is 4.98 Å². The van der Waals surface area contributed by atoms with Gasteiger partial charge in [-0.15, -0.1) is 22.7 Å². The number of hydrogen-bond acceptors (Lipinski definition) is 8. The van der Waals surface area contributed by atoms with Gasteiger partial charge in [0.2, 0.25) is 5.95 Å². The minimum atomic E-state index is -0.847. The molecule has 1 saturated heterocycles. The van der Waals surface area contributed by atoms with Crippen LogP contribution in [0, 0.1) is 0 Å². The molecule has 1 aliphatic rings. The fourth-order valence-corrected chi connectivity index (χ4v) is 5.02. The minimum Gasteiger partial charge on any atom is -0.385 e. The van der Waals surface area contributed by atoms with Crippen LogP contribution in [-0.2, 0) is 5.60 Å². The van der Waals surface area contributed by atoms with Gasteiger partial charge in [0.1, 0.15) is 10.7 Å². The van der Waals surface area contributed by atoms with E-state index in [4.69, 9.17) is 4.98 Å². The molecule has 4 aromatic rings. The van der Waals surface area contributed by atoms with Crippen molar-refractivity contribution in [2.45, 2.75) is 18.4 Å². The summed E-state index contributed by atoms with van der Waals surface area (Å²) in [4.78, 5) is 21.4. The van der Waals surface area contributed by atoms with Gasteiger partial charge in [-0.1, -0.05) is 12.1 Å². The normalized spacial score (nSPS) is 16.1. The Morgan fingerprint density at radius 2 is 1.86 bits per heavy atom. The number of thiazole rings is 1. The summed E-state index contributed by atoms with van der Waals surface area (Å²) in [5, 5.41) is 16.0. The van der Waals surface area contributed by atoms with Crippen molar-refractivity contribution in [1.29, 1.82) is 0 Å². The first-order chi connectivity index (χ1) is 14.2. The summed E-state index contributed by atoms with van der Waals surface area (Å²) in [7, 11) is 0. The first-order valence-electron chi connectivity index (χ1n) is 9.42. The zero-order valence-corrected chi connectivity index (χ0v) is 17.2. The van der Waals surface area contributed by atoms with Gasteiger partial charge in [0.05, 0.1) is 5.60 Å². The predicted octanol–water partition coefficient (Wildman–Crippen LogP) is 4.21. The molecule has 5 heterocycles. The van der Waals surface area contributed by atoms with Gasteiger partial charge in [0.15, 0.2) is 0 Å². The molecule has 0 radical (unpaired) electrons. The van der Waals surface area contributed by atoms with Crippen molar-refractivity contribution in [2.75, 3.05) is 18.0 Å². The van der Waals surface area contributed by atoms with E-state index in [1.807, 2.05) is 29.8 Å². The van der Waals surface area contributed by atoms with Crippen molar-refractivity contribution in [2.24, 2.45) is 0 Å². The lowest BCUT2D eigenvalue weighted by molar-refractivity contribution is 0.0112. The van der Waals surface area contributed by atoms with Crippen LogP contribution in [0.3, 0.4) is 0 Å². The van der Waals surface area contributed by atoms with Crippen LogP contribution in [0.5, 0.6) is 0 Å². The van der Waals surface area contributed by atoms with Crippen LogP contribution in [0.4, 0.5) is 5.95 Å². The second kappa shape index (κ2) is 7.62. The van der Waals surface area contributed by atoms with E-state index in [9.17, 15) is 5.11 Å². The Morgan fingerprint density at radius 3 is 2.55 bits per heavy atom. The van der Waals surface area contributed by atoms with Crippen LogP contribution in [0.2, 0.25) is 0 Å². The van der Waals surface area contributed by atoms with Gasteiger partial charge >= 0.3 is 0 Å². The molecule has 6 nitrogen and oxygen atoms in total. The number of pyridine rings is 1. The second-order valence-corrected chi connectivity index (χ2v) is 8.85. The molecule has 5 rings (SSSR count). The van der Waals surface area contributed by atoms with E-state index in [1.54, 1.807) is 41.3 Å². The summed E-state index contributed by atoms with van der Waals surface area (Å²) in [5.74, 6) is 0.684. The first kappa shape index (κ1) is 18.4. The molecular formula is C21H19N5OS2. The van der Waals surface area contributed by atoms with E-state index >= 15 is 0 Å². The Balaban J connectivity index is 1.43. The number of thiophene rings is 1. The average Bonchev–Trinajstić information content (AvgIpc) is 3.49. The molecule has 0 bridgehead atoms. The maximum Gasteiger partial charge on any atom is 0.225 e. The Hall–Kier alpha value is -2.68. The molecule has 0 atom stereocenters. The van der Waals surface area contributed by atoms with Gasteiger partial charge < -0.3 is 10.0 Å². The third kappa shape index (κ3) is 3.55. The van der Waals surface area contributed by atoms with E-state index in [1.165, 1.54) is 0 Å². The van der Waals surface area contributed by atoms with Crippen molar-refractivity contribution >= 4 is 28.6 Å². The summed E-state index contributed by atoms with van der Waals surface area (Å²) in [6, 6.07) is 7.92. The smallest absolute Gasteiger partial charge is 0.225 e. The van der Waals surface area contributed by atoms with E-state index in [2.05, 4.69) is 31.3 Å². The highest BCUT2D eigenvalue weighted by Gasteiger charge is 2.35. The van der Waals surface area contributed by atoms with Crippen LogP contribution in [0.1, 0.15) is 18.4 Å². The number of rotatable bonds is 4. The largest absolute Gasteiger partial charge is 0.385 e. The van der Waals surface area contributed by atoms with Crippen LogP contribution in [0.25, 0.3) is 21.1 Å². The molecule has 0 aliphatic carbocycles. The molecule has 1 aliphatic heterocycles. The first-order valence-corrected chi connectivity index (χ1v) is 11.2. The van der Waals surface area contributed by atoms with E-state index in [0.29, 0.717) is 31.9 Å². The third-order valence-electron chi connectivity index (χ3n) is 5.27. The maximum absolute atomic E-state index is 11.1. The number of aromatic nitrogens is 4. The number of piperidine rings is 1. The average molecular weight is 422 g/mol.